The second-order valence-corrected chi connectivity index (χ2v) is 4.49. The molecule has 0 bridgehead atoms. The van der Waals surface area contributed by atoms with Crippen LogP contribution in [0.5, 0.6) is 11.5 Å². The molecule has 0 amide bonds. The number of benzene rings is 2. The molecule has 3 nitrogen and oxygen atoms in total. The number of methoxy groups -OCH3 is 1. The molecule has 0 aliphatic carbocycles. The van der Waals surface area contributed by atoms with Crippen LogP contribution in [0.15, 0.2) is 60.8 Å². The van der Waals surface area contributed by atoms with Gasteiger partial charge in [0.15, 0.2) is 0 Å². The van der Waals surface area contributed by atoms with Gasteiger partial charge in [-0.3, -0.25) is 4.98 Å². The highest BCUT2D eigenvalue weighted by Gasteiger charge is 1.99. The summed E-state index contributed by atoms with van der Waals surface area (Å²) >= 11 is 0. The number of hydrogen-bond acceptors (Lipinski definition) is 3. The lowest BCUT2D eigenvalue weighted by Crippen LogP contribution is -1.95. The molecule has 0 spiro atoms. The molecule has 0 atom stereocenters. The van der Waals surface area contributed by atoms with Gasteiger partial charge in [0.25, 0.3) is 0 Å². The van der Waals surface area contributed by atoms with Crippen LogP contribution in [-0.4, -0.2) is 12.1 Å². The quantitative estimate of drug-likeness (QED) is 0.718. The SMILES string of the molecule is COc1ccc(COc2ccc3cccnc3c2)cc1. The zero-order valence-corrected chi connectivity index (χ0v) is 11.2. The zero-order chi connectivity index (χ0) is 13.8. The Kier molecular flexibility index (Phi) is 3.50. The first-order valence-corrected chi connectivity index (χ1v) is 6.46. The lowest BCUT2D eigenvalue weighted by molar-refractivity contribution is 0.306. The Balaban J connectivity index is 1.72. The second-order valence-electron chi connectivity index (χ2n) is 4.49. The molecule has 1 aromatic heterocycles. The summed E-state index contributed by atoms with van der Waals surface area (Å²) in [5, 5.41) is 1.12. The summed E-state index contributed by atoms with van der Waals surface area (Å²) in [6.45, 7) is 0.530. The van der Waals surface area contributed by atoms with Gasteiger partial charge in [-0.1, -0.05) is 18.2 Å². The standard InChI is InChI=1S/C17H15NO2/c1-19-15-7-4-13(5-8-15)12-20-16-9-6-14-3-2-10-18-17(14)11-16/h2-11H,12H2,1H3. The van der Waals surface area contributed by atoms with E-state index in [1.54, 1.807) is 13.3 Å². The van der Waals surface area contributed by atoms with E-state index < -0.39 is 0 Å². The number of aromatic nitrogens is 1. The summed E-state index contributed by atoms with van der Waals surface area (Å²) in [6, 6.07) is 17.8. The van der Waals surface area contributed by atoms with E-state index in [2.05, 4.69) is 4.98 Å². The normalized spacial score (nSPS) is 10.4. The van der Waals surface area contributed by atoms with Gasteiger partial charge < -0.3 is 9.47 Å². The van der Waals surface area contributed by atoms with E-state index in [1.165, 1.54) is 0 Å². The molecule has 100 valence electrons. The molecule has 20 heavy (non-hydrogen) atoms. The van der Waals surface area contributed by atoms with E-state index >= 15 is 0 Å². The van der Waals surface area contributed by atoms with Crippen molar-refractivity contribution in [2.24, 2.45) is 0 Å². The summed E-state index contributed by atoms with van der Waals surface area (Å²) in [4.78, 5) is 4.32. The third-order valence-electron chi connectivity index (χ3n) is 3.14. The molecule has 2 aromatic carbocycles. The van der Waals surface area contributed by atoms with Gasteiger partial charge in [-0.05, 0) is 35.9 Å². The van der Waals surface area contributed by atoms with E-state index in [4.69, 9.17) is 9.47 Å². The number of ether oxygens (including phenoxy) is 2. The molecule has 1 heterocycles. The Labute approximate surface area is 117 Å². The zero-order valence-electron chi connectivity index (χ0n) is 11.2. The highest BCUT2D eigenvalue weighted by Crippen LogP contribution is 2.20. The summed E-state index contributed by atoms with van der Waals surface area (Å²) < 4.78 is 10.9. The molecule has 3 heteroatoms. The van der Waals surface area contributed by atoms with Gasteiger partial charge in [0, 0.05) is 17.6 Å². The van der Waals surface area contributed by atoms with Crippen LogP contribution in [0.2, 0.25) is 0 Å². The molecular formula is C17H15NO2. The van der Waals surface area contributed by atoms with Crippen molar-refractivity contribution in [3.8, 4) is 11.5 Å². The van der Waals surface area contributed by atoms with Crippen molar-refractivity contribution in [3.63, 3.8) is 0 Å². The third kappa shape index (κ3) is 2.72. The van der Waals surface area contributed by atoms with Crippen LogP contribution in [0.4, 0.5) is 0 Å². The fraction of sp³-hybridized carbons (Fsp3) is 0.118. The van der Waals surface area contributed by atoms with Crippen molar-refractivity contribution in [2.75, 3.05) is 7.11 Å². The van der Waals surface area contributed by atoms with E-state index in [1.807, 2.05) is 54.6 Å². The molecule has 0 saturated carbocycles. The molecule has 0 unspecified atom stereocenters. The van der Waals surface area contributed by atoms with Gasteiger partial charge in [0.2, 0.25) is 0 Å². The van der Waals surface area contributed by atoms with Gasteiger partial charge >= 0.3 is 0 Å². The van der Waals surface area contributed by atoms with Crippen LogP contribution in [0.25, 0.3) is 10.9 Å². The fourth-order valence-corrected chi connectivity index (χ4v) is 2.02. The summed E-state index contributed by atoms with van der Waals surface area (Å²) in [7, 11) is 1.66. The van der Waals surface area contributed by atoms with Gasteiger partial charge in [0.1, 0.15) is 18.1 Å². The van der Waals surface area contributed by atoms with E-state index in [9.17, 15) is 0 Å². The maximum Gasteiger partial charge on any atom is 0.122 e. The highest BCUT2D eigenvalue weighted by atomic mass is 16.5. The summed E-state index contributed by atoms with van der Waals surface area (Å²) in [5.74, 6) is 1.68. The maximum absolute atomic E-state index is 5.79. The average molecular weight is 265 g/mol. The summed E-state index contributed by atoms with van der Waals surface area (Å²) in [6.07, 6.45) is 1.79. The number of nitrogens with zero attached hydrogens (tertiary/aromatic N) is 1. The predicted octanol–water partition coefficient (Wildman–Crippen LogP) is 3.82. The Morgan fingerprint density at radius 1 is 0.950 bits per heavy atom. The van der Waals surface area contributed by atoms with Gasteiger partial charge in [-0.25, -0.2) is 0 Å². The van der Waals surface area contributed by atoms with Gasteiger partial charge in [-0.2, -0.15) is 0 Å². The highest BCUT2D eigenvalue weighted by molar-refractivity contribution is 5.79. The van der Waals surface area contributed by atoms with Crippen LogP contribution in [0.3, 0.4) is 0 Å². The number of rotatable bonds is 4. The molecule has 3 rings (SSSR count). The van der Waals surface area contributed by atoms with Crippen molar-refractivity contribution < 1.29 is 9.47 Å². The Hall–Kier alpha value is -2.55. The van der Waals surface area contributed by atoms with Gasteiger partial charge in [-0.15, -0.1) is 0 Å². The molecular weight excluding hydrogens is 250 g/mol. The lowest BCUT2D eigenvalue weighted by Gasteiger charge is -2.07. The largest absolute Gasteiger partial charge is 0.497 e. The second kappa shape index (κ2) is 5.61. The first kappa shape index (κ1) is 12.5. The molecule has 0 saturated heterocycles. The predicted molar refractivity (Wildman–Crippen MR) is 79.1 cm³/mol. The topological polar surface area (TPSA) is 31.4 Å². The van der Waals surface area contributed by atoms with Gasteiger partial charge in [0.05, 0.1) is 12.6 Å². The summed E-state index contributed by atoms with van der Waals surface area (Å²) in [5.41, 5.74) is 2.05. The minimum atomic E-state index is 0.530. The number of fused-ring (bicyclic) bond motifs is 1. The van der Waals surface area contributed by atoms with Crippen molar-refractivity contribution in [1.29, 1.82) is 0 Å². The van der Waals surface area contributed by atoms with Crippen LogP contribution < -0.4 is 9.47 Å². The fourth-order valence-electron chi connectivity index (χ4n) is 2.02. The van der Waals surface area contributed by atoms with Crippen LogP contribution in [-0.2, 0) is 6.61 Å². The molecule has 0 N–H and O–H groups in total. The smallest absolute Gasteiger partial charge is 0.122 e. The molecule has 0 radical (unpaired) electrons. The van der Waals surface area contributed by atoms with Crippen molar-refractivity contribution >= 4 is 10.9 Å². The molecule has 3 aromatic rings. The Morgan fingerprint density at radius 2 is 1.75 bits per heavy atom. The molecule has 0 aliphatic heterocycles. The van der Waals surface area contributed by atoms with Crippen LogP contribution in [0.1, 0.15) is 5.56 Å². The molecule has 0 fully saturated rings. The van der Waals surface area contributed by atoms with Crippen LogP contribution in [0, 0.1) is 0 Å². The van der Waals surface area contributed by atoms with E-state index in [0.717, 1.165) is 28.0 Å². The van der Waals surface area contributed by atoms with Crippen molar-refractivity contribution in [3.05, 3.63) is 66.4 Å². The third-order valence-corrected chi connectivity index (χ3v) is 3.14. The minimum absolute atomic E-state index is 0.530. The maximum atomic E-state index is 5.79. The average Bonchev–Trinajstić information content (AvgIpc) is 2.53. The van der Waals surface area contributed by atoms with E-state index in [-0.39, 0.29) is 0 Å². The Bertz CT molecular complexity index is 708. The monoisotopic (exact) mass is 265 g/mol. The van der Waals surface area contributed by atoms with Crippen molar-refractivity contribution in [1.82, 2.24) is 4.98 Å². The van der Waals surface area contributed by atoms with Crippen LogP contribution >= 0.6 is 0 Å². The Morgan fingerprint density at radius 3 is 2.55 bits per heavy atom. The number of hydrogen-bond donors (Lipinski definition) is 0. The van der Waals surface area contributed by atoms with Crippen molar-refractivity contribution in [2.45, 2.75) is 6.61 Å². The van der Waals surface area contributed by atoms with E-state index in [0.29, 0.717) is 6.61 Å². The minimum Gasteiger partial charge on any atom is -0.497 e. The first-order chi connectivity index (χ1) is 9.85. The number of pyridine rings is 1. The molecule has 0 aliphatic rings. The first-order valence-electron chi connectivity index (χ1n) is 6.46. The lowest BCUT2D eigenvalue weighted by atomic mass is 10.2.